The summed E-state index contributed by atoms with van der Waals surface area (Å²) in [6.07, 6.45) is 0.0778. The smallest absolute Gasteiger partial charge is 0.421 e. The van der Waals surface area contributed by atoms with Gasteiger partial charge < -0.3 is 9.47 Å². The topological polar surface area (TPSA) is 99.5 Å². The summed E-state index contributed by atoms with van der Waals surface area (Å²) in [5, 5.41) is 2.32. The molecule has 1 aromatic heterocycles. The van der Waals surface area contributed by atoms with Crippen molar-refractivity contribution in [1.82, 2.24) is 9.55 Å². The van der Waals surface area contributed by atoms with Crippen molar-refractivity contribution in [3.05, 3.63) is 11.9 Å². The molecule has 0 aliphatic rings. The number of carbonyl (C=O) groups excluding carboxylic acids is 3. The van der Waals surface area contributed by atoms with E-state index in [1.807, 2.05) is 0 Å². The number of amides is 1. The van der Waals surface area contributed by atoms with Crippen LogP contribution < -0.4 is 5.32 Å². The Balaban J connectivity index is 2.99. The van der Waals surface area contributed by atoms with E-state index in [1.165, 1.54) is 6.20 Å². The minimum Gasteiger partial charge on any atom is -0.444 e. The van der Waals surface area contributed by atoms with Crippen LogP contribution in [0.25, 0.3) is 0 Å². The molecule has 1 N–H and O–H groups in total. The number of hydrogen-bond acceptors (Lipinski definition) is 6. The minimum absolute atomic E-state index is 0.0167. The quantitative estimate of drug-likeness (QED) is 0.843. The van der Waals surface area contributed by atoms with Gasteiger partial charge in [-0.3, -0.25) is 10.1 Å². The molecule has 0 saturated carbocycles. The first kappa shape index (κ1) is 17.7. The lowest BCUT2D eigenvalue weighted by Crippen LogP contribution is -2.30. The van der Waals surface area contributed by atoms with Crippen LogP contribution in [0.2, 0.25) is 0 Å². The fourth-order valence-corrected chi connectivity index (χ4v) is 1.39. The van der Waals surface area contributed by atoms with Gasteiger partial charge in [0.05, 0.1) is 0 Å². The summed E-state index contributed by atoms with van der Waals surface area (Å²) in [6, 6.07) is 0. The van der Waals surface area contributed by atoms with Gasteiger partial charge in [-0.15, -0.1) is 0 Å². The third kappa shape index (κ3) is 5.55. The number of carbonyl (C=O) groups is 3. The Labute approximate surface area is 128 Å². The van der Waals surface area contributed by atoms with Gasteiger partial charge >= 0.3 is 12.2 Å². The van der Waals surface area contributed by atoms with E-state index >= 15 is 0 Å². The second-order valence-corrected chi connectivity index (χ2v) is 6.58. The van der Waals surface area contributed by atoms with E-state index < -0.39 is 23.4 Å². The highest BCUT2D eigenvalue weighted by molar-refractivity contribution is 5.87. The van der Waals surface area contributed by atoms with Crippen molar-refractivity contribution in [1.29, 1.82) is 0 Å². The minimum atomic E-state index is -0.791. The Morgan fingerprint density at radius 2 is 1.68 bits per heavy atom. The highest BCUT2D eigenvalue weighted by Crippen LogP contribution is 2.15. The van der Waals surface area contributed by atoms with E-state index in [0.29, 0.717) is 6.29 Å². The first-order valence-electron chi connectivity index (χ1n) is 6.69. The summed E-state index contributed by atoms with van der Waals surface area (Å²) in [6.45, 7) is 10.2. The molecule has 1 aromatic rings. The fraction of sp³-hybridized carbons (Fsp3) is 0.571. The Hall–Kier alpha value is -2.38. The molecular formula is C14H21N3O5. The number of nitrogens with one attached hydrogen (secondary N) is 1. The number of nitrogens with zero attached hydrogens (tertiary/aromatic N) is 2. The maximum Gasteiger partial charge on any atom is 0.421 e. The zero-order chi connectivity index (χ0) is 17.1. The van der Waals surface area contributed by atoms with Crippen LogP contribution in [0.15, 0.2) is 6.20 Å². The molecule has 22 heavy (non-hydrogen) atoms. The average Bonchev–Trinajstić information content (AvgIpc) is 2.67. The van der Waals surface area contributed by atoms with E-state index in [9.17, 15) is 14.4 Å². The first-order valence-corrected chi connectivity index (χ1v) is 6.69. The van der Waals surface area contributed by atoms with Crippen LogP contribution in [0.3, 0.4) is 0 Å². The lowest BCUT2D eigenvalue weighted by Gasteiger charge is -2.21. The van der Waals surface area contributed by atoms with Crippen LogP contribution in [0.5, 0.6) is 0 Å². The number of hydrogen-bond donors (Lipinski definition) is 1. The molecule has 1 amide bonds. The monoisotopic (exact) mass is 311 g/mol. The summed E-state index contributed by atoms with van der Waals surface area (Å²) in [5.74, 6) is -0.148. The van der Waals surface area contributed by atoms with Crippen molar-refractivity contribution in [2.75, 3.05) is 5.32 Å². The van der Waals surface area contributed by atoms with Gasteiger partial charge in [-0.1, -0.05) is 0 Å². The van der Waals surface area contributed by atoms with Crippen LogP contribution in [0, 0.1) is 0 Å². The maximum atomic E-state index is 12.1. The predicted octanol–water partition coefficient (Wildman–Crippen LogP) is 2.83. The molecule has 0 fully saturated rings. The summed E-state index contributed by atoms with van der Waals surface area (Å²) < 4.78 is 11.2. The first-order chi connectivity index (χ1) is 9.91. The van der Waals surface area contributed by atoms with E-state index in [1.54, 1.807) is 41.5 Å². The van der Waals surface area contributed by atoms with Gasteiger partial charge in [0.25, 0.3) is 0 Å². The third-order valence-electron chi connectivity index (χ3n) is 2.05. The van der Waals surface area contributed by atoms with Crippen LogP contribution in [-0.4, -0.2) is 39.2 Å². The third-order valence-corrected chi connectivity index (χ3v) is 2.05. The second-order valence-electron chi connectivity index (χ2n) is 6.58. The lowest BCUT2D eigenvalue weighted by molar-refractivity contribution is 0.0539. The molecule has 0 atom stereocenters. The van der Waals surface area contributed by atoms with Crippen LogP contribution in [0.4, 0.5) is 15.5 Å². The molecule has 1 heterocycles. The van der Waals surface area contributed by atoms with E-state index in [2.05, 4.69) is 10.3 Å². The summed E-state index contributed by atoms with van der Waals surface area (Å²) >= 11 is 0. The van der Waals surface area contributed by atoms with Crippen molar-refractivity contribution in [3.8, 4) is 0 Å². The number of ether oxygens (including phenoxy) is 2. The zero-order valence-electron chi connectivity index (χ0n) is 13.6. The molecule has 8 heteroatoms. The van der Waals surface area contributed by atoms with E-state index in [0.717, 1.165) is 4.57 Å². The fourth-order valence-electron chi connectivity index (χ4n) is 1.39. The second kappa shape index (κ2) is 6.17. The van der Waals surface area contributed by atoms with Gasteiger partial charge in [0.2, 0.25) is 5.95 Å². The number of aromatic nitrogens is 2. The van der Waals surface area contributed by atoms with Crippen LogP contribution in [0.1, 0.15) is 52.0 Å². The summed E-state index contributed by atoms with van der Waals surface area (Å²) in [5.41, 5.74) is -1.45. The summed E-state index contributed by atoms with van der Waals surface area (Å²) in [7, 11) is 0. The van der Waals surface area contributed by atoms with Gasteiger partial charge in [0.15, 0.2) is 6.29 Å². The molecular weight excluding hydrogens is 290 g/mol. The molecule has 0 bridgehead atoms. The molecule has 0 radical (unpaired) electrons. The molecule has 8 nitrogen and oxygen atoms in total. The number of anilines is 1. The molecule has 1 rings (SSSR count). The van der Waals surface area contributed by atoms with Gasteiger partial charge in [0, 0.05) is 6.20 Å². The van der Waals surface area contributed by atoms with Gasteiger partial charge in [-0.2, -0.15) is 0 Å². The SMILES string of the molecule is CC(C)(C)OC(=O)Nc1nc(C=O)cn1C(=O)OC(C)(C)C. The largest absolute Gasteiger partial charge is 0.444 e. The number of aldehydes is 1. The van der Waals surface area contributed by atoms with Crippen molar-refractivity contribution < 1.29 is 23.9 Å². The zero-order valence-corrected chi connectivity index (χ0v) is 13.6. The maximum absolute atomic E-state index is 12.1. The van der Waals surface area contributed by atoms with E-state index in [-0.39, 0.29) is 11.6 Å². The van der Waals surface area contributed by atoms with Crippen molar-refractivity contribution in [2.45, 2.75) is 52.7 Å². The van der Waals surface area contributed by atoms with E-state index in [4.69, 9.17) is 9.47 Å². The van der Waals surface area contributed by atoms with Gasteiger partial charge in [-0.25, -0.2) is 19.1 Å². The molecule has 0 unspecified atom stereocenters. The standard InChI is InChI=1S/C14H21N3O5/c1-13(2,3)21-11(19)16-10-15-9(8-18)7-17(10)12(20)22-14(4,5)6/h7-8H,1-6H3,(H,15,16,19). The Morgan fingerprint density at radius 3 is 2.14 bits per heavy atom. The molecule has 0 spiro atoms. The molecule has 0 aliphatic carbocycles. The molecule has 122 valence electrons. The van der Waals surface area contributed by atoms with Crippen molar-refractivity contribution >= 4 is 24.4 Å². The summed E-state index contributed by atoms with van der Waals surface area (Å²) in [4.78, 5) is 38.5. The van der Waals surface area contributed by atoms with Crippen molar-refractivity contribution in [3.63, 3.8) is 0 Å². The van der Waals surface area contributed by atoms with Crippen molar-refractivity contribution in [2.24, 2.45) is 0 Å². The molecule has 0 saturated heterocycles. The lowest BCUT2D eigenvalue weighted by atomic mass is 10.2. The van der Waals surface area contributed by atoms with Gasteiger partial charge in [-0.05, 0) is 41.5 Å². The average molecular weight is 311 g/mol. The number of rotatable bonds is 2. The molecule has 0 aromatic carbocycles. The highest BCUT2D eigenvalue weighted by Gasteiger charge is 2.24. The Bertz CT molecular complexity index is 578. The molecule has 0 aliphatic heterocycles. The normalized spacial score (nSPS) is 11.7. The van der Waals surface area contributed by atoms with Crippen LogP contribution in [-0.2, 0) is 9.47 Å². The Morgan fingerprint density at radius 1 is 1.14 bits per heavy atom. The number of imidazole rings is 1. The highest BCUT2D eigenvalue weighted by atomic mass is 16.6. The van der Waals surface area contributed by atoms with Gasteiger partial charge in [0.1, 0.15) is 16.9 Å². The predicted molar refractivity (Wildman–Crippen MR) is 79.1 cm³/mol. The van der Waals surface area contributed by atoms with Crippen LogP contribution >= 0.6 is 0 Å². The Kier molecular flexibility index (Phi) is 4.95.